The largest absolute Gasteiger partial charge is 0.454 e. The Hall–Kier alpha value is -4.39. The summed E-state index contributed by atoms with van der Waals surface area (Å²) in [5.41, 5.74) is -1.72. The average Bonchev–Trinajstić information content (AvgIpc) is 3.13. The highest BCUT2D eigenvalue weighted by Crippen LogP contribution is 2.63. The van der Waals surface area contributed by atoms with Crippen molar-refractivity contribution in [3.05, 3.63) is 59.7 Å². The van der Waals surface area contributed by atoms with Gasteiger partial charge in [-0.05, 0) is 48.5 Å². The zero-order valence-corrected chi connectivity index (χ0v) is 28.0. The maximum Gasteiger partial charge on any atom is 0.385 e. The van der Waals surface area contributed by atoms with Gasteiger partial charge in [-0.1, -0.05) is 0 Å². The molecule has 0 saturated carbocycles. The van der Waals surface area contributed by atoms with Crippen LogP contribution in [-0.4, -0.2) is 102 Å². The van der Waals surface area contributed by atoms with Crippen LogP contribution in [0.15, 0.2) is 48.5 Å². The van der Waals surface area contributed by atoms with Crippen molar-refractivity contribution < 1.29 is 146 Å². The first-order valence-corrected chi connectivity index (χ1v) is 14.7. The summed E-state index contributed by atoms with van der Waals surface area (Å²) in [4.78, 5) is 12.6. The lowest BCUT2D eigenvalue weighted by Crippen LogP contribution is -2.72. The molecule has 0 aliphatic rings. The van der Waals surface area contributed by atoms with Gasteiger partial charge in [0, 0.05) is 11.1 Å². The van der Waals surface area contributed by atoms with Crippen molar-refractivity contribution in [2.75, 3.05) is 0 Å². The van der Waals surface area contributed by atoms with Gasteiger partial charge in [0.25, 0.3) is 0 Å². The van der Waals surface area contributed by atoms with Gasteiger partial charge < -0.3 is 9.47 Å². The molecule has 3 nitrogen and oxygen atoms in total. The third-order valence-electron chi connectivity index (χ3n) is 7.87. The van der Waals surface area contributed by atoms with Crippen LogP contribution in [0, 0.1) is 0 Å². The van der Waals surface area contributed by atoms with Crippen LogP contribution in [0.5, 0.6) is 11.5 Å². The normalized spacial score (nSPS) is 16.1. The summed E-state index contributed by atoms with van der Waals surface area (Å²) < 4.78 is 411. The minimum absolute atomic E-state index is 0.0510. The van der Waals surface area contributed by atoms with E-state index in [2.05, 4.69) is 9.47 Å². The third-order valence-corrected chi connectivity index (χ3v) is 7.87. The van der Waals surface area contributed by atoms with Crippen molar-refractivity contribution in [3.8, 4) is 11.5 Å². The van der Waals surface area contributed by atoms with E-state index in [4.69, 9.17) is 0 Å². The molecule has 0 aliphatic heterocycles. The van der Waals surface area contributed by atoms with E-state index in [9.17, 15) is 137 Å². The molecule has 2 unspecified atom stereocenters. The molecule has 0 radical (unpaired) electrons. The molecule has 33 heteroatoms. The Morgan fingerprint density at radius 2 is 0.516 bits per heavy atom. The molecule has 62 heavy (non-hydrogen) atoms. The maximum absolute atomic E-state index is 14.1. The van der Waals surface area contributed by atoms with Gasteiger partial charge in [0.05, 0.1) is 0 Å². The van der Waals surface area contributed by atoms with Crippen LogP contribution < -0.4 is 9.47 Å². The topological polar surface area (TPSA) is 35.5 Å². The van der Waals surface area contributed by atoms with Crippen molar-refractivity contribution in [3.63, 3.8) is 0 Å². The van der Waals surface area contributed by atoms with Gasteiger partial charge in [0.2, 0.25) is 0 Å². The molecule has 0 amide bonds. The van der Waals surface area contributed by atoms with Crippen LogP contribution in [0.25, 0.3) is 0 Å². The first-order chi connectivity index (χ1) is 27.3. The number of rotatable bonds is 20. The molecular formula is C29H12F30O3. The molecule has 356 valence electrons. The SMILES string of the molecule is O=C(c1ccc(OC(F)C(F)(F)C(F)(F)C(F)(F)C(F)(F)C(F)(F)C(F)(F)C(F)F)cc1)c1ccc(OC(F)C(F)(F)C(F)(F)C(F)(F)C(F)(F)C(F)(F)C(F)(F)C(F)F)cc1. The number of benzene rings is 2. The Balaban J connectivity index is 2.30. The van der Waals surface area contributed by atoms with E-state index in [1.807, 2.05) is 0 Å². The van der Waals surface area contributed by atoms with Crippen LogP contribution in [0.3, 0.4) is 0 Å². The smallest absolute Gasteiger partial charge is 0.385 e. The molecule has 2 atom stereocenters. The van der Waals surface area contributed by atoms with E-state index < -0.39 is 125 Å². The van der Waals surface area contributed by atoms with Crippen LogP contribution in [-0.2, 0) is 0 Å². The molecule has 0 fully saturated rings. The first-order valence-electron chi connectivity index (χ1n) is 14.7. The lowest BCUT2D eigenvalue weighted by Gasteiger charge is -2.41. The van der Waals surface area contributed by atoms with Crippen molar-refractivity contribution >= 4 is 5.78 Å². The monoisotopic (exact) mass is 978 g/mol. The van der Waals surface area contributed by atoms with Crippen LogP contribution in [0.1, 0.15) is 15.9 Å². The highest BCUT2D eigenvalue weighted by Gasteiger charge is 2.93. The van der Waals surface area contributed by atoms with E-state index in [0.29, 0.717) is 0 Å². The van der Waals surface area contributed by atoms with Gasteiger partial charge in [-0.2, -0.15) is 114 Å². The number of carbonyl (C=O) groups excluding carboxylic acids is 1. The summed E-state index contributed by atoms with van der Waals surface area (Å²) in [7, 11) is 0. The Morgan fingerprint density at radius 3 is 0.710 bits per heavy atom. The third kappa shape index (κ3) is 7.82. The zero-order chi connectivity index (χ0) is 49.3. The summed E-state index contributed by atoms with van der Waals surface area (Å²) in [6, 6.07) is 1.25. The highest BCUT2D eigenvalue weighted by molar-refractivity contribution is 6.09. The van der Waals surface area contributed by atoms with Gasteiger partial charge in [0.1, 0.15) is 11.5 Å². The number of ether oxygens (including phenoxy) is 2. The van der Waals surface area contributed by atoms with Gasteiger partial charge in [-0.15, -0.1) is 0 Å². The summed E-state index contributed by atoms with van der Waals surface area (Å²) in [6.45, 7) is 0. The summed E-state index contributed by atoms with van der Waals surface area (Å²) in [5, 5.41) is 0. The van der Waals surface area contributed by atoms with Gasteiger partial charge >= 0.3 is 96.6 Å². The first kappa shape index (κ1) is 53.7. The van der Waals surface area contributed by atoms with Gasteiger partial charge in [-0.3, -0.25) is 4.79 Å². The number of alkyl halides is 30. The standard InChI is InChI=1S/C29H12F30O3/c30-14(31)18(36,37)22(44,45)26(52,53)28(56,57)24(48,49)20(40,41)16(34)61-11-5-1-9(2-6-11)13(60)10-3-7-12(8-4-10)62-17(35)21(42,43)25(50,51)29(58,59)27(54,55)23(46,47)19(38,39)15(32)33/h1-8,14-17H. The fourth-order valence-electron chi connectivity index (χ4n) is 4.11. The number of carbonyl (C=O) groups is 1. The molecule has 0 saturated heterocycles. The van der Waals surface area contributed by atoms with E-state index in [1.54, 1.807) is 0 Å². The number of hydrogen-bond donors (Lipinski definition) is 0. The van der Waals surface area contributed by atoms with Gasteiger partial charge in [0.15, 0.2) is 5.78 Å². The van der Waals surface area contributed by atoms with Crippen LogP contribution >= 0.6 is 0 Å². The Morgan fingerprint density at radius 1 is 0.323 bits per heavy atom. The molecule has 0 spiro atoms. The Labute approximate surface area is 320 Å². The molecule has 2 rings (SSSR count). The molecule has 0 aromatic heterocycles. The van der Waals surface area contributed by atoms with Crippen molar-refractivity contribution in [2.45, 2.75) is 96.6 Å². The molecule has 0 heterocycles. The minimum Gasteiger partial charge on any atom is -0.454 e. The second kappa shape index (κ2) is 16.0. The lowest BCUT2D eigenvalue weighted by atomic mass is 9.91. The number of hydrogen-bond acceptors (Lipinski definition) is 3. The van der Waals surface area contributed by atoms with E-state index in [-0.39, 0.29) is 48.5 Å². The summed E-state index contributed by atoms with van der Waals surface area (Å²) in [6.07, 6.45) is -22.7. The average molecular weight is 978 g/mol. The van der Waals surface area contributed by atoms with Crippen molar-refractivity contribution in [1.82, 2.24) is 0 Å². The predicted octanol–water partition coefficient (Wildman–Crippen LogP) is 12.4. The zero-order valence-electron chi connectivity index (χ0n) is 28.0. The summed E-state index contributed by atoms with van der Waals surface area (Å²) in [5.74, 6) is -102. The second-order valence-electron chi connectivity index (χ2n) is 11.9. The molecular weight excluding hydrogens is 966 g/mol. The predicted molar refractivity (Wildman–Crippen MR) is 139 cm³/mol. The Bertz CT molecular complexity index is 1740. The van der Waals surface area contributed by atoms with Gasteiger partial charge in [-0.25, -0.2) is 17.6 Å². The fourth-order valence-corrected chi connectivity index (χ4v) is 4.11. The maximum atomic E-state index is 14.1. The van der Waals surface area contributed by atoms with Crippen molar-refractivity contribution in [1.29, 1.82) is 0 Å². The number of ketones is 1. The molecule has 2 aromatic rings. The van der Waals surface area contributed by atoms with Crippen molar-refractivity contribution in [2.24, 2.45) is 0 Å². The number of halogens is 30. The molecule has 0 bridgehead atoms. The second-order valence-corrected chi connectivity index (χ2v) is 11.9. The van der Waals surface area contributed by atoms with E-state index in [1.165, 1.54) is 0 Å². The van der Waals surface area contributed by atoms with Crippen LogP contribution in [0.2, 0.25) is 0 Å². The summed E-state index contributed by atoms with van der Waals surface area (Å²) >= 11 is 0. The molecule has 2 aromatic carbocycles. The molecule has 0 N–H and O–H groups in total. The van der Waals surface area contributed by atoms with E-state index in [0.717, 1.165) is 0 Å². The highest BCUT2D eigenvalue weighted by atomic mass is 19.4. The van der Waals surface area contributed by atoms with E-state index >= 15 is 0 Å². The minimum atomic E-state index is -8.50. The lowest BCUT2D eigenvalue weighted by molar-refractivity contribution is -0.440. The Kier molecular flexibility index (Phi) is 13.9. The van der Waals surface area contributed by atoms with Crippen LogP contribution in [0.4, 0.5) is 132 Å². The fraction of sp³-hybridized carbons (Fsp3) is 0.552. The molecule has 0 aliphatic carbocycles. The quantitative estimate of drug-likeness (QED) is 0.0980.